The SMILES string of the molecule is Cc1cccc(CO[C@@H]2CSC3(C2)CN(S(C)(=O)=O)C3)n1. The molecule has 3 heterocycles. The number of nitrogens with zero attached hydrogens (tertiary/aromatic N) is 2. The van der Waals surface area contributed by atoms with Gasteiger partial charge in [-0.25, -0.2) is 8.42 Å². The predicted octanol–water partition coefficient (Wildman–Crippen LogP) is 1.43. The third kappa shape index (κ3) is 3.41. The highest BCUT2D eigenvalue weighted by Crippen LogP contribution is 2.46. The van der Waals surface area contributed by atoms with Gasteiger partial charge in [0.1, 0.15) is 0 Å². The summed E-state index contributed by atoms with van der Waals surface area (Å²) >= 11 is 1.85. The van der Waals surface area contributed by atoms with Crippen molar-refractivity contribution < 1.29 is 13.2 Å². The van der Waals surface area contributed by atoms with E-state index in [2.05, 4.69) is 4.98 Å². The van der Waals surface area contributed by atoms with E-state index in [1.807, 2.05) is 36.9 Å². The number of ether oxygens (including phenoxy) is 1. The smallest absolute Gasteiger partial charge is 0.211 e. The molecule has 1 atom stereocenters. The van der Waals surface area contributed by atoms with Crippen molar-refractivity contribution in [3.8, 4) is 0 Å². The first-order valence-electron chi connectivity index (χ1n) is 7.00. The van der Waals surface area contributed by atoms with E-state index in [0.717, 1.165) is 23.6 Å². The molecule has 0 aromatic carbocycles. The van der Waals surface area contributed by atoms with E-state index in [4.69, 9.17) is 4.74 Å². The molecule has 0 aliphatic carbocycles. The fourth-order valence-electron chi connectivity index (χ4n) is 2.84. The van der Waals surface area contributed by atoms with Crippen molar-refractivity contribution in [2.75, 3.05) is 25.1 Å². The molecule has 21 heavy (non-hydrogen) atoms. The molecule has 7 heteroatoms. The Morgan fingerprint density at radius 1 is 1.48 bits per heavy atom. The van der Waals surface area contributed by atoms with Gasteiger partial charge in [0, 0.05) is 29.3 Å². The Bertz CT molecular complexity index is 627. The number of thioether (sulfide) groups is 1. The lowest BCUT2D eigenvalue weighted by molar-refractivity contribution is 0.0380. The first-order valence-corrected chi connectivity index (χ1v) is 9.83. The van der Waals surface area contributed by atoms with Crippen LogP contribution in [0.2, 0.25) is 0 Å². The first kappa shape index (κ1) is 15.3. The molecule has 2 saturated heterocycles. The van der Waals surface area contributed by atoms with E-state index >= 15 is 0 Å². The second kappa shape index (κ2) is 5.53. The molecule has 2 aliphatic heterocycles. The van der Waals surface area contributed by atoms with Crippen molar-refractivity contribution in [2.45, 2.75) is 30.8 Å². The fourth-order valence-corrected chi connectivity index (χ4v) is 5.52. The molecule has 2 aliphatic rings. The molecule has 0 saturated carbocycles. The summed E-state index contributed by atoms with van der Waals surface area (Å²) < 4.78 is 30.5. The van der Waals surface area contributed by atoms with Gasteiger partial charge in [0.25, 0.3) is 0 Å². The normalized spacial score (nSPS) is 25.1. The van der Waals surface area contributed by atoms with E-state index in [-0.39, 0.29) is 10.9 Å². The Hall–Kier alpha value is -0.630. The van der Waals surface area contributed by atoms with Crippen molar-refractivity contribution in [1.82, 2.24) is 9.29 Å². The van der Waals surface area contributed by atoms with Crippen LogP contribution < -0.4 is 0 Å². The lowest BCUT2D eigenvalue weighted by Crippen LogP contribution is -2.60. The summed E-state index contributed by atoms with van der Waals surface area (Å²) in [6, 6.07) is 5.93. The quantitative estimate of drug-likeness (QED) is 0.837. The van der Waals surface area contributed by atoms with Gasteiger partial charge < -0.3 is 4.74 Å². The molecule has 116 valence electrons. The molecular weight excluding hydrogens is 308 g/mol. The van der Waals surface area contributed by atoms with Gasteiger partial charge in [0.05, 0.1) is 24.7 Å². The number of aromatic nitrogens is 1. The maximum absolute atomic E-state index is 11.5. The predicted molar refractivity (Wildman–Crippen MR) is 83.8 cm³/mol. The summed E-state index contributed by atoms with van der Waals surface area (Å²) in [6.07, 6.45) is 2.39. The highest BCUT2D eigenvalue weighted by molar-refractivity contribution is 8.01. The molecule has 2 fully saturated rings. The average molecular weight is 328 g/mol. The van der Waals surface area contributed by atoms with Crippen LogP contribution in [0, 0.1) is 6.92 Å². The van der Waals surface area contributed by atoms with Crippen LogP contribution in [0.1, 0.15) is 17.8 Å². The van der Waals surface area contributed by atoms with Gasteiger partial charge >= 0.3 is 0 Å². The number of aryl methyl sites for hydroxylation is 1. The Balaban J connectivity index is 1.50. The molecule has 1 spiro atoms. The van der Waals surface area contributed by atoms with Gasteiger partial charge in [-0.1, -0.05) is 6.07 Å². The van der Waals surface area contributed by atoms with E-state index in [1.165, 1.54) is 6.26 Å². The van der Waals surface area contributed by atoms with Crippen molar-refractivity contribution in [3.05, 3.63) is 29.6 Å². The van der Waals surface area contributed by atoms with Crippen LogP contribution in [0.5, 0.6) is 0 Å². The molecule has 0 amide bonds. The molecule has 5 nitrogen and oxygen atoms in total. The molecular formula is C14H20N2O3S2. The Morgan fingerprint density at radius 3 is 2.90 bits per heavy atom. The summed E-state index contributed by atoms with van der Waals surface area (Å²) in [5, 5.41) is 0. The Labute approximate surface area is 130 Å². The third-order valence-electron chi connectivity index (χ3n) is 3.99. The third-order valence-corrected chi connectivity index (χ3v) is 6.76. The summed E-state index contributed by atoms with van der Waals surface area (Å²) in [5.74, 6) is 0.934. The Morgan fingerprint density at radius 2 is 2.24 bits per heavy atom. The summed E-state index contributed by atoms with van der Waals surface area (Å²) in [7, 11) is -3.04. The monoisotopic (exact) mass is 328 g/mol. The zero-order chi connectivity index (χ0) is 15.1. The van der Waals surface area contributed by atoms with E-state index in [9.17, 15) is 8.42 Å². The minimum atomic E-state index is -3.04. The number of hydrogen-bond donors (Lipinski definition) is 0. The van der Waals surface area contributed by atoms with Crippen LogP contribution >= 0.6 is 11.8 Å². The molecule has 0 N–H and O–H groups in total. The largest absolute Gasteiger partial charge is 0.371 e. The zero-order valence-corrected chi connectivity index (χ0v) is 13.9. The molecule has 3 rings (SSSR count). The van der Waals surface area contributed by atoms with Crippen molar-refractivity contribution in [3.63, 3.8) is 0 Å². The lowest BCUT2D eigenvalue weighted by atomic mass is 9.95. The maximum atomic E-state index is 11.5. The maximum Gasteiger partial charge on any atom is 0.211 e. The summed E-state index contributed by atoms with van der Waals surface area (Å²) in [5.41, 5.74) is 1.95. The highest BCUT2D eigenvalue weighted by atomic mass is 32.2. The number of hydrogen-bond acceptors (Lipinski definition) is 5. The van der Waals surface area contributed by atoms with Crippen LogP contribution in [-0.2, 0) is 21.4 Å². The van der Waals surface area contributed by atoms with Crippen molar-refractivity contribution in [1.29, 1.82) is 0 Å². The molecule has 0 bridgehead atoms. The highest BCUT2D eigenvalue weighted by Gasteiger charge is 2.52. The zero-order valence-electron chi connectivity index (χ0n) is 12.3. The second-order valence-corrected chi connectivity index (χ2v) is 9.40. The average Bonchev–Trinajstić information content (AvgIpc) is 2.78. The van der Waals surface area contributed by atoms with Gasteiger partial charge in [0.2, 0.25) is 10.0 Å². The van der Waals surface area contributed by atoms with Gasteiger partial charge in [-0.3, -0.25) is 4.98 Å². The minimum absolute atomic E-state index is 0.0772. The number of sulfonamides is 1. The number of rotatable bonds is 4. The molecule has 0 unspecified atom stereocenters. The summed E-state index contributed by atoms with van der Waals surface area (Å²) in [6.45, 7) is 3.74. The van der Waals surface area contributed by atoms with E-state index in [0.29, 0.717) is 19.7 Å². The second-order valence-electron chi connectivity index (χ2n) is 5.93. The molecule has 1 aromatic heterocycles. The minimum Gasteiger partial charge on any atom is -0.371 e. The lowest BCUT2D eigenvalue weighted by Gasteiger charge is -2.45. The van der Waals surface area contributed by atoms with Crippen molar-refractivity contribution in [2.24, 2.45) is 0 Å². The van der Waals surface area contributed by atoms with Gasteiger partial charge in [-0.05, 0) is 25.5 Å². The van der Waals surface area contributed by atoms with E-state index in [1.54, 1.807) is 4.31 Å². The van der Waals surface area contributed by atoms with Crippen LogP contribution in [0.15, 0.2) is 18.2 Å². The van der Waals surface area contributed by atoms with Gasteiger partial charge in [-0.15, -0.1) is 11.8 Å². The van der Waals surface area contributed by atoms with Gasteiger partial charge in [0.15, 0.2) is 0 Å². The van der Waals surface area contributed by atoms with Crippen LogP contribution in [0.3, 0.4) is 0 Å². The standard InChI is InChI=1S/C14H20N2O3S2/c1-11-4-3-5-12(15-11)7-19-13-6-14(20-8-13)9-16(10-14)21(2,17)18/h3-5,13H,6-10H2,1-2H3/t13-/m0/s1. The fraction of sp³-hybridized carbons (Fsp3) is 0.643. The van der Waals surface area contributed by atoms with E-state index < -0.39 is 10.0 Å². The molecule has 0 radical (unpaired) electrons. The number of pyridine rings is 1. The van der Waals surface area contributed by atoms with Gasteiger partial charge in [-0.2, -0.15) is 4.31 Å². The van der Waals surface area contributed by atoms with Crippen LogP contribution in [0.4, 0.5) is 0 Å². The summed E-state index contributed by atoms with van der Waals surface area (Å²) in [4.78, 5) is 4.43. The van der Waals surface area contributed by atoms with Crippen LogP contribution in [0.25, 0.3) is 0 Å². The van der Waals surface area contributed by atoms with Crippen molar-refractivity contribution >= 4 is 21.8 Å². The Kier molecular flexibility index (Phi) is 4.02. The molecule has 1 aromatic rings. The first-order chi connectivity index (χ1) is 9.86. The topological polar surface area (TPSA) is 59.5 Å². The van der Waals surface area contributed by atoms with Crippen LogP contribution in [-0.4, -0.2) is 53.7 Å².